The molecule has 1 aromatic rings. The van der Waals surface area contributed by atoms with Gasteiger partial charge in [0.25, 0.3) is 0 Å². The van der Waals surface area contributed by atoms with Crippen molar-refractivity contribution in [2.45, 2.75) is 43.9 Å². The molecule has 4 fully saturated rings. The van der Waals surface area contributed by atoms with Crippen molar-refractivity contribution in [1.29, 1.82) is 0 Å². The molecule has 4 saturated carbocycles. The van der Waals surface area contributed by atoms with Gasteiger partial charge in [0.1, 0.15) is 0 Å². The summed E-state index contributed by atoms with van der Waals surface area (Å²) in [5.41, 5.74) is 2.62. The second kappa shape index (κ2) is 3.63. The van der Waals surface area contributed by atoms with E-state index in [0.29, 0.717) is 10.8 Å². The van der Waals surface area contributed by atoms with E-state index in [1.165, 1.54) is 50.8 Å². The van der Waals surface area contributed by atoms with Gasteiger partial charge in [-0.15, -0.1) is 0 Å². The Labute approximate surface area is 110 Å². The highest BCUT2D eigenvalue weighted by Gasteiger charge is 2.58. The monoisotopic (exact) mass is 244 g/mol. The van der Waals surface area contributed by atoms with E-state index in [-0.39, 0.29) is 0 Å². The molecular weight excluding hydrogens is 220 g/mol. The molecule has 98 valence electrons. The summed E-state index contributed by atoms with van der Waals surface area (Å²) < 4.78 is 0. The van der Waals surface area contributed by atoms with E-state index in [2.05, 4.69) is 35.7 Å². The summed E-state index contributed by atoms with van der Waals surface area (Å²) in [6.07, 6.45) is 10.9. The van der Waals surface area contributed by atoms with Crippen molar-refractivity contribution < 1.29 is 0 Å². The maximum atomic E-state index is 3.53. The highest BCUT2D eigenvalue weighted by atomic mass is 14.9. The van der Waals surface area contributed by atoms with Crippen LogP contribution in [0, 0.1) is 17.3 Å². The van der Waals surface area contributed by atoms with E-state index >= 15 is 0 Å². The lowest BCUT2D eigenvalue weighted by Crippen LogP contribution is -2.56. The topological polar surface area (TPSA) is 27.8 Å². The molecule has 2 heteroatoms. The smallest absolute Gasteiger partial charge is 0.0210 e. The summed E-state index contributed by atoms with van der Waals surface area (Å²) in [6, 6.07) is 4.51. The third-order valence-corrected chi connectivity index (χ3v) is 5.90. The normalized spacial score (nSPS) is 45.6. The van der Waals surface area contributed by atoms with Crippen LogP contribution < -0.4 is 5.32 Å². The molecule has 0 amide bonds. The Bertz CT molecular complexity index is 420. The Morgan fingerprint density at radius 1 is 1.28 bits per heavy atom. The summed E-state index contributed by atoms with van der Waals surface area (Å²) in [5.74, 6) is 1.98. The van der Waals surface area contributed by atoms with Crippen LogP contribution in [0.1, 0.15) is 44.2 Å². The van der Waals surface area contributed by atoms with Gasteiger partial charge in [-0.25, -0.2) is 0 Å². The maximum absolute atomic E-state index is 3.53. The lowest BCUT2D eigenvalue weighted by molar-refractivity contribution is -0.0712. The summed E-state index contributed by atoms with van der Waals surface area (Å²) in [4.78, 5) is 3.53. The minimum Gasteiger partial charge on any atom is -0.365 e. The van der Waals surface area contributed by atoms with Crippen molar-refractivity contribution in [2.24, 2.45) is 17.3 Å². The van der Waals surface area contributed by atoms with Gasteiger partial charge < -0.3 is 10.3 Å². The molecule has 4 aliphatic carbocycles. The van der Waals surface area contributed by atoms with Crippen molar-refractivity contribution in [1.82, 2.24) is 10.3 Å². The molecule has 0 aromatic carbocycles. The van der Waals surface area contributed by atoms with Crippen LogP contribution in [0.4, 0.5) is 0 Å². The number of aromatic amines is 1. The average Bonchev–Trinajstić information content (AvgIpc) is 2.80. The minimum absolute atomic E-state index is 0.491. The van der Waals surface area contributed by atoms with Crippen LogP contribution in [0.2, 0.25) is 0 Å². The van der Waals surface area contributed by atoms with E-state index < -0.39 is 0 Å². The first-order valence-corrected chi connectivity index (χ1v) is 7.52. The molecule has 18 heavy (non-hydrogen) atoms. The second-order valence-corrected chi connectivity index (χ2v) is 7.36. The van der Waals surface area contributed by atoms with Crippen LogP contribution in [0.3, 0.4) is 0 Å². The predicted octanol–water partition coefficient (Wildman–Crippen LogP) is 3.07. The Morgan fingerprint density at radius 3 is 2.67 bits per heavy atom. The number of nitrogens with one attached hydrogen (secondary N) is 2. The summed E-state index contributed by atoms with van der Waals surface area (Å²) in [5, 5.41) is 3.48. The molecule has 4 bridgehead atoms. The fourth-order valence-electron chi connectivity index (χ4n) is 6.01. The average molecular weight is 244 g/mol. The molecular formula is C16H24N2. The van der Waals surface area contributed by atoms with E-state index in [9.17, 15) is 0 Å². The minimum atomic E-state index is 0.491. The van der Waals surface area contributed by atoms with Gasteiger partial charge in [-0.2, -0.15) is 0 Å². The SMILES string of the molecule is CNCC12CC3CC(C1)CC(c1ccc[nH]1)(C3)C2. The Kier molecular flexibility index (Phi) is 2.24. The number of aromatic nitrogens is 1. The molecule has 4 aliphatic rings. The number of rotatable bonds is 3. The van der Waals surface area contributed by atoms with Crippen molar-refractivity contribution in [3.8, 4) is 0 Å². The van der Waals surface area contributed by atoms with Gasteiger partial charge >= 0.3 is 0 Å². The van der Waals surface area contributed by atoms with Gasteiger partial charge in [-0.1, -0.05) is 0 Å². The first-order chi connectivity index (χ1) is 8.74. The third-order valence-electron chi connectivity index (χ3n) is 5.90. The zero-order valence-electron chi connectivity index (χ0n) is 11.3. The van der Waals surface area contributed by atoms with Crippen LogP contribution in [0.25, 0.3) is 0 Å². The van der Waals surface area contributed by atoms with Crippen LogP contribution in [0.5, 0.6) is 0 Å². The molecule has 2 atom stereocenters. The molecule has 0 radical (unpaired) electrons. The predicted molar refractivity (Wildman–Crippen MR) is 73.5 cm³/mol. The van der Waals surface area contributed by atoms with E-state index in [1.807, 2.05) is 0 Å². The van der Waals surface area contributed by atoms with E-state index in [4.69, 9.17) is 0 Å². The molecule has 1 heterocycles. The van der Waals surface area contributed by atoms with E-state index in [0.717, 1.165) is 11.8 Å². The third kappa shape index (κ3) is 1.45. The molecule has 2 unspecified atom stereocenters. The van der Waals surface area contributed by atoms with Crippen molar-refractivity contribution in [2.75, 3.05) is 13.6 Å². The lowest BCUT2D eigenvalue weighted by atomic mass is 9.43. The van der Waals surface area contributed by atoms with Crippen LogP contribution in [-0.4, -0.2) is 18.6 Å². The van der Waals surface area contributed by atoms with Crippen molar-refractivity contribution in [3.63, 3.8) is 0 Å². The number of H-pyrrole nitrogens is 1. The molecule has 5 rings (SSSR count). The standard InChI is InChI=1S/C16H24N2/c1-17-11-15-6-12-5-13(7-15)9-16(8-12,10-15)14-3-2-4-18-14/h2-4,12-13,17-18H,5-11H2,1H3. The summed E-state index contributed by atoms with van der Waals surface area (Å²) in [6.45, 7) is 1.22. The van der Waals surface area contributed by atoms with Crippen molar-refractivity contribution >= 4 is 0 Å². The van der Waals surface area contributed by atoms with Crippen LogP contribution >= 0.6 is 0 Å². The van der Waals surface area contributed by atoms with Gasteiger partial charge in [0.05, 0.1) is 0 Å². The quantitative estimate of drug-likeness (QED) is 0.840. The van der Waals surface area contributed by atoms with Gasteiger partial charge in [0, 0.05) is 23.9 Å². The Hall–Kier alpha value is -0.760. The Morgan fingerprint density at radius 2 is 2.06 bits per heavy atom. The second-order valence-electron chi connectivity index (χ2n) is 7.36. The van der Waals surface area contributed by atoms with Gasteiger partial charge in [-0.3, -0.25) is 0 Å². The molecule has 2 nitrogen and oxygen atoms in total. The molecule has 0 aliphatic heterocycles. The summed E-state index contributed by atoms with van der Waals surface area (Å²) in [7, 11) is 2.12. The fraction of sp³-hybridized carbons (Fsp3) is 0.750. The first-order valence-electron chi connectivity index (χ1n) is 7.52. The van der Waals surface area contributed by atoms with Crippen molar-refractivity contribution in [3.05, 3.63) is 24.0 Å². The lowest BCUT2D eigenvalue weighted by Gasteiger charge is -2.62. The van der Waals surface area contributed by atoms with Gasteiger partial charge in [-0.05, 0) is 75.0 Å². The highest BCUT2D eigenvalue weighted by molar-refractivity contribution is 5.25. The fourth-order valence-corrected chi connectivity index (χ4v) is 6.01. The van der Waals surface area contributed by atoms with Crippen LogP contribution in [-0.2, 0) is 5.41 Å². The zero-order chi connectivity index (χ0) is 12.2. The highest BCUT2D eigenvalue weighted by Crippen LogP contribution is 2.65. The molecule has 0 saturated heterocycles. The van der Waals surface area contributed by atoms with Gasteiger partial charge in [0.15, 0.2) is 0 Å². The number of hydrogen-bond acceptors (Lipinski definition) is 1. The van der Waals surface area contributed by atoms with Crippen LogP contribution in [0.15, 0.2) is 18.3 Å². The molecule has 2 N–H and O–H groups in total. The van der Waals surface area contributed by atoms with E-state index in [1.54, 1.807) is 0 Å². The number of hydrogen-bond donors (Lipinski definition) is 2. The first kappa shape index (κ1) is 11.1. The maximum Gasteiger partial charge on any atom is 0.0210 e. The van der Waals surface area contributed by atoms with Gasteiger partial charge in [0.2, 0.25) is 0 Å². The Balaban J connectivity index is 1.74. The largest absolute Gasteiger partial charge is 0.365 e. The molecule has 0 spiro atoms. The zero-order valence-corrected chi connectivity index (χ0v) is 11.3. The molecule has 1 aromatic heterocycles. The summed E-state index contributed by atoms with van der Waals surface area (Å²) >= 11 is 0.